The molecule has 0 saturated carbocycles. The van der Waals surface area contributed by atoms with Gasteiger partial charge in [0, 0.05) is 6.42 Å². The number of carbonyl (C=O) groups is 1. The molecule has 0 aromatic carbocycles. The van der Waals surface area contributed by atoms with Gasteiger partial charge in [-0.2, -0.15) is 0 Å². The summed E-state index contributed by atoms with van der Waals surface area (Å²) in [5.41, 5.74) is 0. The first-order chi connectivity index (χ1) is 46.1. The van der Waals surface area contributed by atoms with Crippen molar-refractivity contribution in [2.75, 3.05) is 19.8 Å². The molecule has 0 aromatic heterocycles. The van der Waals surface area contributed by atoms with Crippen LogP contribution in [0.5, 0.6) is 0 Å². The predicted molar refractivity (Wildman–Crippen MR) is 387 cm³/mol. The maximum atomic E-state index is 13.4. The van der Waals surface area contributed by atoms with E-state index >= 15 is 0 Å². The molecule has 12 atom stereocenters. The van der Waals surface area contributed by atoms with Gasteiger partial charge in [0.25, 0.3) is 0 Å². The summed E-state index contributed by atoms with van der Waals surface area (Å²) in [4.78, 5) is 13.4. The molecule has 2 heterocycles. The fourth-order valence-electron chi connectivity index (χ4n) is 12.5. The Kier molecular flexibility index (Phi) is 59.0. The number of rotatable bonds is 64. The highest BCUT2D eigenvalue weighted by Gasteiger charge is 2.51. The Bertz CT molecular complexity index is 1900. The number of ether oxygens (including phenoxy) is 4. The second-order valence-electron chi connectivity index (χ2n) is 27.1. The molecule has 2 rings (SSSR count). The van der Waals surface area contributed by atoms with Gasteiger partial charge in [-0.15, -0.1) is 0 Å². The van der Waals surface area contributed by atoms with Crippen LogP contribution in [0.2, 0.25) is 0 Å². The molecule has 2 saturated heterocycles. The van der Waals surface area contributed by atoms with Gasteiger partial charge in [-0.1, -0.05) is 330 Å². The van der Waals surface area contributed by atoms with Crippen molar-refractivity contribution in [3.8, 4) is 0 Å². The number of unbranched alkanes of at least 4 members (excludes halogenated alkanes) is 37. The molecule has 1 amide bonds. The topological polar surface area (TPSA) is 228 Å². The van der Waals surface area contributed by atoms with Crippen molar-refractivity contribution in [2.45, 2.75) is 396 Å². The van der Waals surface area contributed by atoms with E-state index in [2.05, 4.69) is 104 Å². The van der Waals surface area contributed by atoms with Crippen LogP contribution in [-0.4, -0.2) is 140 Å². The smallest absolute Gasteiger partial charge is 0.220 e. The van der Waals surface area contributed by atoms with Gasteiger partial charge in [0.2, 0.25) is 5.91 Å². The first kappa shape index (κ1) is 87.3. The van der Waals surface area contributed by atoms with Gasteiger partial charge < -0.3 is 65.1 Å². The minimum absolute atomic E-state index is 0.203. The van der Waals surface area contributed by atoms with Gasteiger partial charge in [0.15, 0.2) is 12.6 Å². The molecule has 2 fully saturated rings. The summed E-state index contributed by atoms with van der Waals surface area (Å²) in [6.45, 7) is 2.79. The van der Waals surface area contributed by atoms with Crippen molar-refractivity contribution in [2.24, 2.45) is 0 Å². The molecule has 94 heavy (non-hydrogen) atoms. The van der Waals surface area contributed by atoms with Crippen molar-refractivity contribution in [1.29, 1.82) is 0 Å². The highest BCUT2D eigenvalue weighted by atomic mass is 16.7. The summed E-state index contributed by atoms with van der Waals surface area (Å²) in [5, 5.41) is 87.7. The van der Waals surface area contributed by atoms with Crippen LogP contribution in [0.1, 0.15) is 322 Å². The molecule has 0 aromatic rings. The van der Waals surface area contributed by atoms with Crippen LogP contribution in [0.4, 0.5) is 0 Å². The number of amides is 1. The molecule has 0 bridgehead atoms. The molecule has 0 spiro atoms. The summed E-state index contributed by atoms with van der Waals surface area (Å²) < 4.78 is 22.9. The molecule has 9 N–H and O–H groups in total. The molecule has 12 unspecified atom stereocenters. The van der Waals surface area contributed by atoms with Crippen molar-refractivity contribution in [3.63, 3.8) is 0 Å². The second-order valence-corrected chi connectivity index (χ2v) is 27.1. The summed E-state index contributed by atoms with van der Waals surface area (Å²) in [6, 6.07) is -0.831. The number of aliphatic hydroxyl groups is 8. The van der Waals surface area contributed by atoms with E-state index in [1.165, 1.54) is 199 Å². The van der Waals surface area contributed by atoms with Crippen molar-refractivity contribution in [1.82, 2.24) is 5.32 Å². The first-order valence-electron chi connectivity index (χ1n) is 38.8. The minimum Gasteiger partial charge on any atom is -0.394 e. The van der Waals surface area contributed by atoms with E-state index in [1.807, 2.05) is 0 Å². The average molecular weight is 1330 g/mol. The Morgan fingerprint density at radius 2 is 0.734 bits per heavy atom. The largest absolute Gasteiger partial charge is 0.394 e. The third kappa shape index (κ3) is 46.4. The summed E-state index contributed by atoms with van der Waals surface area (Å²) in [5.74, 6) is -0.203. The highest BCUT2D eigenvalue weighted by Crippen LogP contribution is 2.30. The van der Waals surface area contributed by atoms with Crippen LogP contribution in [-0.2, 0) is 23.7 Å². The zero-order valence-corrected chi connectivity index (χ0v) is 59.7. The molecule has 14 heteroatoms. The molecule has 0 aliphatic carbocycles. The minimum atomic E-state index is -1.78. The number of hydrogen-bond donors (Lipinski definition) is 9. The monoisotopic (exact) mass is 1330 g/mol. The molecular weight excluding hydrogens is 1180 g/mol. The zero-order valence-electron chi connectivity index (χ0n) is 59.7. The number of allylic oxidation sites excluding steroid dienone is 14. The third-order valence-corrected chi connectivity index (χ3v) is 18.6. The van der Waals surface area contributed by atoms with Crippen LogP contribution in [0.3, 0.4) is 0 Å². The Labute approximate surface area is 573 Å². The van der Waals surface area contributed by atoms with Gasteiger partial charge in [-0.3, -0.25) is 4.79 Å². The third-order valence-electron chi connectivity index (χ3n) is 18.6. The van der Waals surface area contributed by atoms with E-state index in [0.717, 1.165) is 96.3 Å². The number of carbonyl (C=O) groups excluding carboxylic acids is 1. The van der Waals surface area contributed by atoms with E-state index < -0.39 is 86.8 Å². The Morgan fingerprint density at radius 3 is 1.13 bits per heavy atom. The quantitative estimate of drug-likeness (QED) is 0.0204. The van der Waals surface area contributed by atoms with Crippen molar-refractivity contribution >= 4 is 5.91 Å². The van der Waals surface area contributed by atoms with Gasteiger partial charge >= 0.3 is 0 Å². The van der Waals surface area contributed by atoms with E-state index in [9.17, 15) is 45.6 Å². The summed E-state index contributed by atoms with van der Waals surface area (Å²) in [6.07, 6.45) is 71.9. The highest BCUT2D eigenvalue weighted by molar-refractivity contribution is 5.76. The Hall–Kier alpha value is -2.83. The maximum absolute atomic E-state index is 13.4. The van der Waals surface area contributed by atoms with Crippen LogP contribution < -0.4 is 5.32 Å². The lowest BCUT2D eigenvalue weighted by Crippen LogP contribution is -2.65. The van der Waals surface area contributed by atoms with Crippen molar-refractivity contribution in [3.05, 3.63) is 85.1 Å². The lowest BCUT2D eigenvalue weighted by Gasteiger charge is -2.46. The van der Waals surface area contributed by atoms with E-state index in [4.69, 9.17) is 18.9 Å². The standard InChI is InChI=1S/C80H143NO13/c1-3-5-7-9-11-13-15-17-19-21-23-24-25-26-27-28-29-30-31-32-33-34-35-36-37-38-39-40-41-42-43-44-46-48-50-52-54-56-58-60-62-64-72(85)81-68(69(84)63-61-59-57-55-53-51-49-47-45-22-20-18-16-14-12-10-8-6-4-2)67-91-79-77(90)75(88)78(71(66-83)93-79)94-80-76(89)74(87)73(86)70(65-82)92-80/h5,7,11,13,17,19,23-24,26-27,29-30,32-33,68-71,73-80,82-84,86-90H,3-4,6,8-10,12,14-16,18,20-22,25,28,31,34-67H2,1-2H3,(H,81,85)/b7-5-,13-11-,19-17-,24-23-,27-26-,30-29-,33-32-. The molecular formula is C80H143NO13. The number of aliphatic hydroxyl groups excluding tert-OH is 8. The summed E-state index contributed by atoms with van der Waals surface area (Å²) >= 11 is 0. The first-order valence-corrected chi connectivity index (χ1v) is 38.8. The van der Waals surface area contributed by atoms with Gasteiger partial charge in [0.1, 0.15) is 48.8 Å². The lowest BCUT2D eigenvalue weighted by molar-refractivity contribution is -0.359. The van der Waals surface area contributed by atoms with Gasteiger partial charge in [-0.05, 0) is 70.6 Å². The number of hydrogen-bond acceptors (Lipinski definition) is 13. The fourth-order valence-corrected chi connectivity index (χ4v) is 12.5. The normalized spacial score (nSPS) is 22.9. The summed E-state index contributed by atoms with van der Waals surface area (Å²) in [7, 11) is 0. The van der Waals surface area contributed by atoms with E-state index in [0.29, 0.717) is 12.8 Å². The molecule has 2 aliphatic rings. The van der Waals surface area contributed by atoms with E-state index in [-0.39, 0.29) is 12.5 Å². The molecule has 14 nitrogen and oxygen atoms in total. The number of nitrogens with one attached hydrogen (secondary N) is 1. The van der Waals surface area contributed by atoms with Crippen LogP contribution >= 0.6 is 0 Å². The SMILES string of the molecule is CC/C=C\C/C=C\C/C=C\C/C=C\C/C=C\C/C=C\C/C=C\CCCCCCCCCCCCCCCCCCCCCC(=O)NC(COC1OC(CO)C(OC2OC(CO)C(O)C(O)C2O)C(O)C1O)C(O)CCCCCCCCCCCCCCCCCCCCC. The second kappa shape index (κ2) is 63.6. The van der Waals surface area contributed by atoms with Crippen LogP contribution in [0.15, 0.2) is 85.1 Å². The molecule has 2 aliphatic heterocycles. The average Bonchev–Trinajstić information content (AvgIpc) is 0.794. The lowest BCUT2D eigenvalue weighted by atomic mass is 9.97. The van der Waals surface area contributed by atoms with Gasteiger partial charge in [0.05, 0.1) is 32.0 Å². The van der Waals surface area contributed by atoms with Gasteiger partial charge in [-0.25, -0.2) is 0 Å². The fraction of sp³-hybridized carbons (Fsp3) is 0.812. The Morgan fingerprint density at radius 1 is 0.394 bits per heavy atom. The Balaban J connectivity index is 1.57. The molecule has 0 radical (unpaired) electrons. The van der Waals surface area contributed by atoms with Crippen LogP contribution in [0.25, 0.3) is 0 Å². The van der Waals surface area contributed by atoms with Crippen LogP contribution in [0, 0.1) is 0 Å². The van der Waals surface area contributed by atoms with E-state index in [1.54, 1.807) is 0 Å². The zero-order chi connectivity index (χ0) is 68.0. The predicted octanol–water partition coefficient (Wildman–Crippen LogP) is 17.1. The maximum Gasteiger partial charge on any atom is 0.220 e. The molecule has 546 valence electrons. The van der Waals surface area contributed by atoms with Crippen molar-refractivity contribution < 1.29 is 64.6 Å².